The molecule has 0 saturated heterocycles. The SMILES string of the molecule is Cc1cccc2c(=O)n(-c3ccccc3O)c(=O)[nH]c12. The molecule has 2 aromatic carbocycles. The van der Waals surface area contributed by atoms with Crippen LogP contribution in [-0.2, 0) is 0 Å². The summed E-state index contributed by atoms with van der Waals surface area (Å²) < 4.78 is 0.942. The molecular weight excluding hydrogens is 256 g/mol. The van der Waals surface area contributed by atoms with E-state index in [1.165, 1.54) is 12.1 Å². The van der Waals surface area contributed by atoms with Gasteiger partial charge < -0.3 is 10.1 Å². The van der Waals surface area contributed by atoms with Crippen LogP contribution in [0, 0.1) is 6.92 Å². The third kappa shape index (κ3) is 1.72. The van der Waals surface area contributed by atoms with Crippen molar-refractivity contribution in [2.75, 3.05) is 0 Å². The van der Waals surface area contributed by atoms with E-state index in [4.69, 9.17) is 0 Å². The Balaban J connectivity index is 2.48. The van der Waals surface area contributed by atoms with Crippen LogP contribution in [0.3, 0.4) is 0 Å². The predicted molar refractivity (Wildman–Crippen MR) is 76.6 cm³/mol. The molecule has 1 aromatic heterocycles. The first kappa shape index (κ1) is 12.2. The smallest absolute Gasteiger partial charge is 0.333 e. The number of phenols is 1. The van der Waals surface area contributed by atoms with E-state index in [9.17, 15) is 14.7 Å². The van der Waals surface area contributed by atoms with E-state index in [-0.39, 0.29) is 11.4 Å². The Bertz CT molecular complexity index is 922. The second kappa shape index (κ2) is 4.38. The molecule has 0 aliphatic rings. The highest BCUT2D eigenvalue weighted by molar-refractivity contribution is 5.80. The number of nitrogens with one attached hydrogen (secondary N) is 1. The first-order chi connectivity index (χ1) is 9.59. The van der Waals surface area contributed by atoms with Gasteiger partial charge in [-0.25, -0.2) is 9.36 Å². The van der Waals surface area contributed by atoms with Crippen LogP contribution in [0.4, 0.5) is 0 Å². The number of phenolic OH excluding ortho intramolecular Hbond substituents is 1. The topological polar surface area (TPSA) is 75.1 Å². The van der Waals surface area contributed by atoms with Crippen molar-refractivity contribution in [3.8, 4) is 11.4 Å². The van der Waals surface area contributed by atoms with Gasteiger partial charge in [0.25, 0.3) is 5.56 Å². The average molecular weight is 268 g/mol. The lowest BCUT2D eigenvalue weighted by molar-refractivity contribution is 0.471. The van der Waals surface area contributed by atoms with Crippen LogP contribution in [0.15, 0.2) is 52.1 Å². The summed E-state index contributed by atoms with van der Waals surface area (Å²) in [5.41, 5.74) is 0.490. The maximum atomic E-state index is 12.5. The van der Waals surface area contributed by atoms with Crippen LogP contribution in [-0.4, -0.2) is 14.7 Å². The van der Waals surface area contributed by atoms with E-state index in [1.54, 1.807) is 24.3 Å². The number of nitrogens with zero attached hydrogens (tertiary/aromatic N) is 1. The van der Waals surface area contributed by atoms with Crippen molar-refractivity contribution in [2.24, 2.45) is 0 Å². The fourth-order valence-corrected chi connectivity index (χ4v) is 2.26. The standard InChI is InChI=1S/C15H12N2O3/c1-9-5-4-6-10-13(9)16-15(20)17(14(10)19)11-7-2-3-8-12(11)18/h2-8,18H,1H3,(H,16,20). The molecule has 0 amide bonds. The van der Waals surface area contributed by atoms with Crippen molar-refractivity contribution < 1.29 is 5.11 Å². The number of benzene rings is 2. The molecule has 0 atom stereocenters. The van der Waals surface area contributed by atoms with E-state index >= 15 is 0 Å². The van der Waals surface area contributed by atoms with Crippen LogP contribution < -0.4 is 11.2 Å². The summed E-state index contributed by atoms with van der Waals surface area (Å²) in [5, 5.41) is 10.2. The maximum absolute atomic E-state index is 12.5. The van der Waals surface area contributed by atoms with E-state index in [1.807, 2.05) is 13.0 Å². The Morgan fingerprint density at radius 3 is 2.55 bits per heavy atom. The van der Waals surface area contributed by atoms with Gasteiger partial charge in [0, 0.05) is 0 Å². The summed E-state index contributed by atoms with van der Waals surface area (Å²) in [6, 6.07) is 11.5. The molecule has 100 valence electrons. The Labute approximate surface area is 113 Å². The van der Waals surface area contributed by atoms with Gasteiger partial charge in [-0.3, -0.25) is 4.79 Å². The molecule has 20 heavy (non-hydrogen) atoms. The van der Waals surface area contributed by atoms with Crippen LogP contribution >= 0.6 is 0 Å². The molecule has 1 heterocycles. The number of H-pyrrole nitrogens is 1. The highest BCUT2D eigenvalue weighted by Gasteiger charge is 2.12. The van der Waals surface area contributed by atoms with E-state index in [0.717, 1.165) is 10.1 Å². The third-order valence-corrected chi connectivity index (χ3v) is 3.26. The molecule has 0 bridgehead atoms. The molecule has 0 aliphatic heterocycles. The van der Waals surface area contributed by atoms with Gasteiger partial charge in [0.2, 0.25) is 0 Å². The first-order valence-electron chi connectivity index (χ1n) is 6.12. The van der Waals surface area contributed by atoms with E-state index < -0.39 is 11.2 Å². The van der Waals surface area contributed by atoms with Crippen molar-refractivity contribution in [3.63, 3.8) is 0 Å². The zero-order valence-electron chi connectivity index (χ0n) is 10.8. The molecule has 0 aliphatic carbocycles. The summed E-state index contributed by atoms with van der Waals surface area (Å²) in [5.74, 6) is -0.118. The highest BCUT2D eigenvalue weighted by atomic mass is 16.3. The number of hydrogen-bond donors (Lipinski definition) is 2. The van der Waals surface area contributed by atoms with Crippen molar-refractivity contribution in [1.82, 2.24) is 9.55 Å². The first-order valence-corrected chi connectivity index (χ1v) is 6.12. The lowest BCUT2D eigenvalue weighted by Gasteiger charge is -2.08. The van der Waals surface area contributed by atoms with Gasteiger partial charge in [-0.1, -0.05) is 24.3 Å². The molecule has 3 rings (SSSR count). The average Bonchev–Trinajstić information content (AvgIpc) is 2.42. The summed E-state index contributed by atoms with van der Waals surface area (Å²) in [4.78, 5) is 27.3. The van der Waals surface area contributed by atoms with Gasteiger partial charge in [-0.15, -0.1) is 0 Å². The zero-order valence-corrected chi connectivity index (χ0v) is 10.8. The highest BCUT2D eigenvalue weighted by Crippen LogP contribution is 2.18. The van der Waals surface area contributed by atoms with E-state index in [2.05, 4.69) is 4.98 Å². The summed E-state index contributed by atoms with van der Waals surface area (Å²) in [7, 11) is 0. The Morgan fingerprint density at radius 2 is 1.80 bits per heavy atom. The van der Waals surface area contributed by atoms with E-state index in [0.29, 0.717) is 10.9 Å². The normalized spacial score (nSPS) is 10.8. The monoisotopic (exact) mass is 268 g/mol. The number of para-hydroxylation sites is 3. The van der Waals surface area contributed by atoms with Gasteiger partial charge in [0.05, 0.1) is 16.6 Å². The van der Waals surface area contributed by atoms with Crippen molar-refractivity contribution in [1.29, 1.82) is 0 Å². The molecule has 0 fully saturated rings. The molecule has 0 radical (unpaired) electrons. The minimum absolute atomic E-state index is 0.118. The molecule has 0 spiro atoms. The Hall–Kier alpha value is -2.82. The molecule has 0 saturated carbocycles. The maximum Gasteiger partial charge on any atom is 0.333 e. The number of fused-ring (bicyclic) bond motifs is 1. The van der Waals surface area contributed by atoms with Gasteiger partial charge in [0.1, 0.15) is 5.75 Å². The van der Waals surface area contributed by atoms with Crippen LogP contribution in [0.2, 0.25) is 0 Å². The van der Waals surface area contributed by atoms with Gasteiger partial charge in [-0.2, -0.15) is 0 Å². The van der Waals surface area contributed by atoms with Crippen LogP contribution in [0.1, 0.15) is 5.56 Å². The molecule has 2 N–H and O–H groups in total. The molecule has 5 nitrogen and oxygen atoms in total. The number of hydrogen-bond acceptors (Lipinski definition) is 3. The Morgan fingerprint density at radius 1 is 1.05 bits per heavy atom. The largest absolute Gasteiger partial charge is 0.506 e. The summed E-state index contributed by atoms with van der Waals surface area (Å²) in [6.45, 7) is 1.82. The summed E-state index contributed by atoms with van der Waals surface area (Å²) >= 11 is 0. The number of aromatic nitrogens is 2. The fraction of sp³-hybridized carbons (Fsp3) is 0.0667. The summed E-state index contributed by atoms with van der Waals surface area (Å²) in [6.07, 6.45) is 0. The van der Waals surface area contributed by atoms with Crippen molar-refractivity contribution in [2.45, 2.75) is 6.92 Å². The molecule has 3 aromatic rings. The number of aryl methyl sites for hydroxylation is 1. The quantitative estimate of drug-likeness (QED) is 0.705. The van der Waals surface area contributed by atoms with Gasteiger partial charge in [0.15, 0.2) is 0 Å². The van der Waals surface area contributed by atoms with Gasteiger partial charge >= 0.3 is 5.69 Å². The number of aromatic hydroxyl groups is 1. The zero-order chi connectivity index (χ0) is 14.3. The Kier molecular flexibility index (Phi) is 2.68. The molecule has 0 unspecified atom stereocenters. The second-order valence-electron chi connectivity index (χ2n) is 4.56. The number of rotatable bonds is 1. The number of aromatic amines is 1. The van der Waals surface area contributed by atoms with Crippen molar-refractivity contribution in [3.05, 3.63) is 68.9 Å². The minimum Gasteiger partial charge on any atom is -0.506 e. The van der Waals surface area contributed by atoms with Gasteiger partial charge in [-0.05, 0) is 30.7 Å². The molecule has 5 heteroatoms. The second-order valence-corrected chi connectivity index (χ2v) is 4.56. The lowest BCUT2D eigenvalue weighted by atomic mass is 10.1. The van der Waals surface area contributed by atoms with Crippen LogP contribution in [0.25, 0.3) is 16.6 Å². The fourth-order valence-electron chi connectivity index (χ4n) is 2.26. The lowest BCUT2D eigenvalue weighted by Crippen LogP contribution is -2.33. The van der Waals surface area contributed by atoms with Crippen LogP contribution in [0.5, 0.6) is 5.75 Å². The third-order valence-electron chi connectivity index (χ3n) is 3.26. The molecular formula is C15H12N2O3. The van der Waals surface area contributed by atoms with Crippen molar-refractivity contribution >= 4 is 10.9 Å². The minimum atomic E-state index is -0.571. The predicted octanol–water partition coefficient (Wildman–Crippen LogP) is 1.69.